The molecule has 1 N–H and O–H groups in total. The number of rotatable bonds is 1. The van der Waals surface area contributed by atoms with Gasteiger partial charge in [-0.1, -0.05) is 6.07 Å². The third kappa shape index (κ3) is 2.90. The number of benzene rings is 1. The van der Waals surface area contributed by atoms with Crippen LogP contribution in [-0.2, 0) is 9.53 Å². The largest absolute Gasteiger partial charge is 0.363 e. The van der Waals surface area contributed by atoms with Crippen LogP contribution < -0.4 is 5.32 Å². The van der Waals surface area contributed by atoms with E-state index >= 15 is 0 Å². The van der Waals surface area contributed by atoms with Crippen molar-refractivity contribution >= 4 is 11.8 Å². The number of halogens is 1. The van der Waals surface area contributed by atoms with Gasteiger partial charge in [-0.2, -0.15) is 0 Å². The fourth-order valence-electron chi connectivity index (χ4n) is 2.82. The van der Waals surface area contributed by atoms with Gasteiger partial charge in [-0.05, 0) is 31.0 Å². The lowest BCUT2D eigenvalue weighted by Crippen LogP contribution is -2.58. The highest BCUT2D eigenvalue weighted by Gasteiger charge is 2.40. The summed E-state index contributed by atoms with van der Waals surface area (Å²) in [5.74, 6) is -0.671. The van der Waals surface area contributed by atoms with Crippen LogP contribution in [0.5, 0.6) is 0 Å². The van der Waals surface area contributed by atoms with E-state index in [1.165, 1.54) is 18.2 Å². The van der Waals surface area contributed by atoms with Crippen LogP contribution in [0.3, 0.4) is 0 Å². The molecular weight excluding hydrogens is 275 g/mol. The van der Waals surface area contributed by atoms with Crippen LogP contribution in [0.15, 0.2) is 24.3 Å². The third-order valence-corrected chi connectivity index (χ3v) is 4.15. The second-order valence-corrected chi connectivity index (χ2v) is 5.55. The maximum atomic E-state index is 13.2. The average Bonchev–Trinajstić information content (AvgIpc) is 2.51. The minimum absolute atomic E-state index is 0.0812. The van der Waals surface area contributed by atoms with Gasteiger partial charge in [0.05, 0.1) is 5.60 Å². The predicted octanol–water partition coefficient (Wildman–Crippen LogP) is 0.947. The number of hydrogen-bond acceptors (Lipinski definition) is 3. The SMILES string of the molecule is O=C1COC2(CCN(C(=O)c3cccc(F)c3)CC2)CN1. The van der Waals surface area contributed by atoms with Crippen LogP contribution in [0.25, 0.3) is 0 Å². The van der Waals surface area contributed by atoms with Gasteiger partial charge in [0.15, 0.2) is 0 Å². The number of carbonyl (C=O) groups excluding carboxylic acids is 2. The van der Waals surface area contributed by atoms with E-state index in [0.717, 1.165) is 0 Å². The van der Waals surface area contributed by atoms with Crippen LogP contribution >= 0.6 is 0 Å². The van der Waals surface area contributed by atoms with Gasteiger partial charge in [-0.3, -0.25) is 9.59 Å². The Balaban J connectivity index is 1.63. The van der Waals surface area contributed by atoms with Crippen molar-refractivity contribution in [3.63, 3.8) is 0 Å². The molecule has 1 spiro atoms. The molecule has 2 fully saturated rings. The number of likely N-dealkylation sites (tertiary alicyclic amines) is 1. The maximum Gasteiger partial charge on any atom is 0.253 e. The molecule has 112 valence electrons. The monoisotopic (exact) mass is 292 g/mol. The highest BCUT2D eigenvalue weighted by atomic mass is 19.1. The number of hydrogen-bond donors (Lipinski definition) is 1. The molecule has 2 aliphatic heterocycles. The first-order valence-corrected chi connectivity index (χ1v) is 7.04. The molecule has 5 nitrogen and oxygen atoms in total. The Bertz CT molecular complexity index is 556. The number of amides is 2. The number of nitrogens with one attached hydrogen (secondary N) is 1. The number of nitrogens with zero attached hydrogens (tertiary/aromatic N) is 1. The molecule has 0 unspecified atom stereocenters. The van der Waals surface area contributed by atoms with Gasteiger partial charge in [-0.25, -0.2) is 4.39 Å². The smallest absolute Gasteiger partial charge is 0.253 e. The lowest BCUT2D eigenvalue weighted by atomic mass is 9.89. The van der Waals surface area contributed by atoms with E-state index in [2.05, 4.69) is 5.32 Å². The Kier molecular flexibility index (Phi) is 3.63. The van der Waals surface area contributed by atoms with E-state index in [4.69, 9.17) is 4.74 Å². The van der Waals surface area contributed by atoms with Gasteiger partial charge in [0.2, 0.25) is 5.91 Å². The van der Waals surface area contributed by atoms with Crippen LogP contribution in [0, 0.1) is 5.82 Å². The summed E-state index contributed by atoms with van der Waals surface area (Å²) < 4.78 is 18.8. The van der Waals surface area contributed by atoms with Crippen molar-refractivity contribution < 1.29 is 18.7 Å². The van der Waals surface area contributed by atoms with Gasteiger partial charge in [-0.15, -0.1) is 0 Å². The Morgan fingerprint density at radius 1 is 1.33 bits per heavy atom. The van der Waals surface area contributed by atoms with Gasteiger partial charge in [0, 0.05) is 25.2 Å². The van der Waals surface area contributed by atoms with E-state index in [-0.39, 0.29) is 24.0 Å². The summed E-state index contributed by atoms with van der Waals surface area (Å²) >= 11 is 0. The Hall–Kier alpha value is -1.95. The minimum atomic E-state index is -0.410. The highest BCUT2D eigenvalue weighted by Crippen LogP contribution is 2.28. The number of piperidine rings is 1. The van der Waals surface area contributed by atoms with E-state index in [1.54, 1.807) is 11.0 Å². The van der Waals surface area contributed by atoms with E-state index in [0.29, 0.717) is 38.0 Å². The molecule has 21 heavy (non-hydrogen) atoms. The van der Waals surface area contributed by atoms with Crippen molar-refractivity contribution in [2.75, 3.05) is 26.2 Å². The Morgan fingerprint density at radius 2 is 2.10 bits per heavy atom. The molecule has 0 atom stereocenters. The summed E-state index contributed by atoms with van der Waals surface area (Å²) in [6, 6.07) is 5.73. The van der Waals surface area contributed by atoms with Crippen molar-refractivity contribution in [3.8, 4) is 0 Å². The predicted molar refractivity (Wildman–Crippen MR) is 73.2 cm³/mol. The molecule has 0 aromatic heterocycles. The molecule has 6 heteroatoms. The molecule has 1 aromatic rings. The minimum Gasteiger partial charge on any atom is -0.363 e. The van der Waals surface area contributed by atoms with Crippen molar-refractivity contribution in [2.45, 2.75) is 18.4 Å². The summed E-state index contributed by atoms with van der Waals surface area (Å²) in [6.45, 7) is 1.67. The first-order valence-electron chi connectivity index (χ1n) is 7.04. The third-order valence-electron chi connectivity index (χ3n) is 4.15. The summed E-state index contributed by atoms with van der Waals surface area (Å²) in [5.41, 5.74) is 0.0101. The summed E-state index contributed by atoms with van der Waals surface area (Å²) in [5, 5.41) is 2.81. The zero-order chi connectivity index (χ0) is 14.9. The van der Waals surface area contributed by atoms with Gasteiger partial charge in [0.1, 0.15) is 12.4 Å². The topological polar surface area (TPSA) is 58.6 Å². The molecule has 2 saturated heterocycles. The summed E-state index contributed by atoms with van der Waals surface area (Å²) in [7, 11) is 0. The van der Waals surface area contributed by atoms with Crippen molar-refractivity contribution in [2.24, 2.45) is 0 Å². The molecule has 2 amide bonds. The van der Waals surface area contributed by atoms with Gasteiger partial charge in [0.25, 0.3) is 5.91 Å². The van der Waals surface area contributed by atoms with Crippen LogP contribution in [-0.4, -0.2) is 48.6 Å². The quantitative estimate of drug-likeness (QED) is 0.838. The van der Waals surface area contributed by atoms with Gasteiger partial charge >= 0.3 is 0 Å². The fourth-order valence-corrected chi connectivity index (χ4v) is 2.82. The molecule has 3 rings (SSSR count). The average molecular weight is 292 g/mol. The Labute approximate surface area is 122 Å². The van der Waals surface area contributed by atoms with Crippen molar-refractivity contribution in [3.05, 3.63) is 35.6 Å². The molecule has 0 radical (unpaired) electrons. The zero-order valence-corrected chi connectivity index (χ0v) is 11.6. The Morgan fingerprint density at radius 3 is 2.71 bits per heavy atom. The van der Waals surface area contributed by atoms with E-state index in [9.17, 15) is 14.0 Å². The standard InChI is InChI=1S/C15H17FN2O3/c16-12-3-1-2-11(8-12)14(20)18-6-4-15(5-7-18)10-17-13(19)9-21-15/h1-3,8H,4-7,9-10H2,(H,17,19). The first kappa shape index (κ1) is 14.0. The van der Waals surface area contributed by atoms with E-state index in [1.807, 2.05) is 0 Å². The lowest BCUT2D eigenvalue weighted by molar-refractivity contribution is -0.149. The van der Waals surface area contributed by atoms with Crippen LogP contribution in [0.1, 0.15) is 23.2 Å². The van der Waals surface area contributed by atoms with Crippen LogP contribution in [0.4, 0.5) is 4.39 Å². The number of ether oxygens (including phenoxy) is 1. The first-order chi connectivity index (χ1) is 10.1. The maximum absolute atomic E-state index is 13.2. The second-order valence-electron chi connectivity index (χ2n) is 5.55. The number of morpholine rings is 1. The molecular formula is C15H17FN2O3. The van der Waals surface area contributed by atoms with Crippen molar-refractivity contribution in [1.82, 2.24) is 10.2 Å². The lowest BCUT2D eigenvalue weighted by Gasteiger charge is -2.43. The highest BCUT2D eigenvalue weighted by molar-refractivity contribution is 5.94. The molecule has 1 aromatic carbocycles. The second kappa shape index (κ2) is 5.44. The van der Waals surface area contributed by atoms with Crippen molar-refractivity contribution in [1.29, 1.82) is 0 Å². The zero-order valence-electron chi connectivity index (χ0n) is 11.6. The molecule has 0 saturated carbocycles. The molecule has 2 heterocycles. The normalized spacial score (nSPS) is 21.2. The van der Waals surface area contributed by atoms with Crippen LogP contribution in [0.2, 0.25) is 0 Å². The molecule has 2 aliphatic rings. The fraction of sp³-hybridized carbons (Fsp3) is 0.467. The van der Waals surface area contributed by atoms with Gasteiger partial charge < -0.3 is 15.0 Å². The van der Waals surface area contributed by atoms with E-state index < -0.39 is 5.82 Å². The summed E-state index contributed by atoms with van der Waals surface area (Å²) in [4.78, 5) is 25.2. The summed E-state index contributed by atoms with van der Waals surface area (Å²) in [6.07, 6.45) is 1.35. The molecule has 0 aliphatic carbocycles. The number of carbonyl (C=O) groups is 2. The molecule has 0 bridgehead atoms.